The number of fused-ring (bicyclic) bond motifs is 1. The van der Waals surface area contributed by atoms with Crippen LogP contribution in [0.25, 0.3) is 10.9 Å². The lowest BCUT2D eigenvalue weighted by Crippen LogP contribution is -2.30. The molecule has 1 aromatic heterocycles. The summed E-state index contributed by atoms with van der Waals surface area (Å²) < 4.78 is 6.29. The second-order valence-corrected chi connectivity index (χ2v) is 11.1. The first-order valence-corrected chi connectivity index (χ1v) is 12.9. The Morgan fingerprint density at radius 1 is 1.03 bits per heavy atom. The minimum atomic E-state index is -0.750. The maximum Gasteiger partial charge on any atom is 0.248 e. The van der Waals surface area contributed by atoms with E-state index < -0.39 is 6.10 Å². The number of phenolic OH excluding ortho intramolecular Hbond substituents is 1. The van der Waals surface area contributed by atoms with Gasteiger partial charge in [-0.1, -0.05) is 18.2 Å². The number of ether oxygens (including phenoxy) is 1. The maximum atomic E-state index is 11.6. The number of aromatic nitrogens is 1. The Balaban J connectivity index is 0.988. The summed E-state index contributed by atoms with van der Waals surface area (Å²) in [6.07, 6.45) is 7.19. The van der Waals surface area contributed by atoms with E-state index in [1.807, 2.05) is 0 Å². The largest absolute Gasteiger partial charge is 0.506 e. The van der Waals surface area contributed by atoms with Crippen LogP contribution in [0.3, 0.4) is 0 Å². The molecule has 1 heterocycles. The number of rotatable bonds is 9. The van der Waals surface area contributed by atoms with Gasteiger partial charge in [0.05, 0.1) is 18.2 Å². The van der Waals surface area contributed by atoms with Crippen LogP contribution in [0.4, 0.5) is 0 Å². The number of aromatic amines is 1. The number of phenols is 1. The molecule has 2 unspecified atom stereocenters. The van der Waals surface area contributed by atoms with Crippen LogP contribution in [0.5, 0.6) is 11.5 Å². The van der Waals surface area contributed by atoms with Crippen LogP contribution in [0.15, 0.2) is 53.3 Å². The van der Waals surface area contributed by atoms with Gasteiger partial charge in [-0.05, 0) is 98.2 Å². The number of aromatic hydroxyl groups is 1. The number of H-pyrrole nitrogens is 1. The van der Waals surface area contributed by atoms with Gasteiger partial charge in [-0.15, -0.1) is 0 Å². The Labute approximate surface area is 205 Å². The number of aliphatic hydroxyl groups is 1. The van der Waals surface area contributed by atoms with E-state index in [0.717, 1.165) is 43.1 Å². The number of hydrogen-bond donors (Lipinski definition) is 4. The third-order valence-corrected chi connectivity index (χ3v) is 8.80. The highest BCUT2D eigenvalue weighted by molar-refractivity contribution is 5.87. The molecule has 4 saturated carbocycles. The predicted octanol–water partition coefficient (Wildman–Crippen LogP) is 4.30. The summed E-state index contributed by atoms with van der Waals surface area (Å²) in [6, 6.07) is 14.7. The number of aliphatic hydroxyl groups excluding tert-OH is 1. The third kappa shape index (κ3) is 4.34. The molecule has 0 aliphatic heterocycles. The second kappa shape index (κ2) is 8.99. The highest BCUT2D eigenvalue weighted by Crippen LogP contribution is 2.65. The van der Waals surface area contributed by atoms with E-state index in [-0.39, 0.29) is 11.3 Å². The SMILES string of the molecule is O=c1ccc2c([C@@H](O)CNCCc3ccc(OCC45CC6CC(CC4C6)C5)cc3)ccc(O)c2[nH]1. The van der Waals surface area contributed by atoms with Crippen LogP contribution in [0.1, 0.15) is 49.3 Å². The monoisotopic (exact) mass is 474 g/mol. The maximum absolute atomic E-state index is 11.6. The van der Waals surface area contributed by atoms with E-state index in [1.54, 1.807) is 12.1 Å². The summed E-state index contributed by atoms with van der Waals surface area (Å²) in [5, 5.41) is 24.7. The van der Waals surface area contributed by atoms with Gasteiger partial charge in [-0.3, -0.25) is 4.79 Å². The number of pyridine rings is 1. The summed E-state index contributed by atoms with van der Waals surface area (Å²) in [5.41, 5.74) is 2.42. The Kier molecular flexibility index (Phi) is 5.81. The molecule has 0 spiro atoms. The van der Waals surface area contributed by atoms with E-state index in [9.17, 15) is 15.0 Å². The molecule has 35 heavy (non-hydrogen) atoms. The molecule has 3 atom stereocenters. The van der Waals surface area contributed by atoms with Crippen molar-refractivity contribution in [2.24, 2.45) is 23.2 Å². The van der Waals surface area contributed by atoms with Gasteiger partial charge in [0, 0.05) is 23.4 Å². The Hall–Kier alpha value is -2.83. The van der Waals surface area contributed by atoms with E-state index in [2.05, 4.69) is 34.6 Å². The van der Waals surface area contributed by atoms with Crippen LogP contribution in [-0.4, -0.2) is 34.9 Å². The minimum Gasteiger partial charge on any atom is -0.506 e. The molecule has 4 aliphatic rings. The van der Waals surface area contributed by atoms with Gasteiger partial charge in [0.1, 0.15) is 11.5 Å². The lowest BCUT2D eigenvalue weighted by Gasteiger charge is -2.32. The van der Waals surface area contributed by atoms with Gasteiger partial charge in [0.2, 0.25) is 5.56 Å². The summed E-state index contributed by atoms with van der Waals surface area (Å²) >= 11 is 0. The van der Waals surface area contributed by atoms with Crippen LogP contribution in [-0.2, 0) is 6.42 Å². The van der Waals surface area contributed by atoms with Crippen molar-refractivity contribution < 1.29 is 14.9 Å². The highest BCUT2D eigenvalue weighted by atomic mass is 16.5. The Morgan fingerprint density at radius 3 is 2.57 bits per heavy atom. The van der Waals surface area contributed by atoms with E-state index in [4.69, 9.17) is 4.74 Å². The van der Waals surface area contributed by atoms with Crippen LogP contribution < -0.4 is 15.6 Å². The first-order chi connectivity index (χ1) is 17.0. The molecule has 7 rings (SSSR count). The van der Waals surface area contributed by atoms with Gasteiger partial charge < -0.3 is 25.3 Å². The Bertz CT molecular complexity index is 1250. The molecule has 3 aromatic rings. The molecule has 2 aromatic carbocycles. The summed E-state index contributed by atoms with van der Waals surface area (Å²) in [4.78, 5) is 14.2. The van der Waals surface area contributed by atoms with Gasteiger partial charge >= 0.3 is 0 Å². The lowest BCUT2D eigenvalue weighted by atomic mass is 9.76. The number of benzene rings is 2. The van der Waals surface area contributed by atoms with Crippen molar-refractivity contribution in [2.75, 3.05) is 19.7 Å². The zero-order valence-corrected chi connectivity index (χ0v) is 20.0. The molecule has 6 nitrogen and oxygen atoms in total. The van der Waals surface area contributed by atoms with E-state index in [0.29, 0.717) is 28.4 Å². The highest BCUT2D eigenvalue weighted by Gasteiger charge is 2.57. The van der Waals surface area contributed by atoms with Crippen molar-refractivity contribution in [3.63, 3.8) is 0 Å². The predicted molar refractivity (Wildman–Crippen MR) is 136 cm³/mol. The van der Waals surface area contributed by atoms with Gasteiger partial charge in [0.25, 0.3) is 0 Å². The third-order valence-electron chi connectivity index (χ3n) is 8.80. The Morgan fingerprint density at radius 2 is 1.80 bits per heavy atom. The van der Waals surface area contributed by atoms with Crippen LogP contribution in [0, 0.1) is 23.2 Å². The minimum absolute atomic E-state index is 0.00315. The topological polar surface area (TPSA) is 94.6 Å². The second-order valence-electron chi connectivity index (χ2n) is 11.1. The fraction of sp³-hybridized carbons (Fsp3) is 0.483. The molecule has 4 N–H and O–H groups in total. The molecule has 4 bridgehead atoms. The molecule has 0 amide bonds. The fourth-order valence-corrected chi connectivity index (χ4v) is 7.31. The molecule has 0 saturated heterocycles. The first kappa shape index (κ1) is 22.6. The van der Waals surface area contributed by atoms with Crippen molar-refractivity contribution in [2.45, 2.75) is 44.6 Å². The van der Waals surface area contributed by atoms with Gasteiger partial charge in [-0.25, -0.2) is 0 Å². The molecule has 4 aliphatic carbocycles. The van der Waals surface area contributed by atoms with Crippen molar-refractivity contribution in [1.82, 2.24) is 10.3 Å². The van der Waals surface area contributed by atoms with Crippen LogP contribution >= 0.6 is 0 Å². The quantitative estimate of drug-likeness (QED) is 0.347. The zero-order chi connectivity index (χ0) is 24.0. The fourth-order valence-electron chi connectivity index (χ4n) is 7.31. The smallest absolute Gasteiger partial charge is 0.248 e. The van der Waals surface area contributed by atoms with Crippen molar-refractivity contribution in [3.05, 3.63) is 70.0 Å². The zero-order valence-electron chi connectivity index (χ0n) is 20.0. The van der Waals surface area contributed by atoms with Crippen molar-refractivity contribution in [1.29, 1.82) is 0 Å². The molecular formula is C29H34N2O4. The summed E-state index contributed by atoms with van der Waals surface area (Å²) in [6.45, 7) is 1.99. The molecule has 184 valence electrons. The standard InChI is InChI=1S/C29H34N2O4/c32-25-7-5-23(24-6-8-27(34)31-28(24)25)26(33)16-30-10-9-18-1-3-22(4-2-18)35-17-29-14-19-11-20(15-29)13-21(29)12-19/h1-8,19-21,26,30,32-33H,9-17H2,(H,31,34)/t19?,20?,21?,26-,29?/m0/s1. The molecule has 0 radical (unpaired) electrons. The molecular weight excluding hydrogens is 440 g/mol. The number of nitrogens with one attached hydrogen (secondary N) is 2. The van der Waals surface area contributed by atoms with Crippen molar-refractivity contribution >= 4 is 10.9 Å². The lowest BCUT2D eigenvalue weighted by molar-refractivity contribution is 0.106. The van der Waals surface area contributed by atoms with E-state index >= 15 is 0 Å². The average molecular weight is 475 g/mol. The van der Waals surface area contributed by atoms with Crippen LogP contribution in [0.2, 0.25) is 0 Å². The van der Waals surface area contributed by atoms with E-state index in [1.165, 1.54) is 49.8 Å². The van der Waals surface area contributed by atoms with Gasteiger partial charge in [0.15, 0.2) is 0 Å². The normalized spacial score (nSPS) is 27.5. The number of hydrogen-bond acceptors (Lipinski definition) is 5. The summed E-state index contributed by atoms with van der Waals surface area (Å²) in [7, 11) is 0. The average Bonchev–Trinajstić information content (AvgIpc) is 3.25. The molecule has 4 fully saturated rings. The van der Waals surface area contributed by atoms with Gasteiger partial charge in [-0.2, -0.15) is 0 Å². The first-order valence-electron chi connectivity index (χ1n) is 12.9. The van der Waals surface area contributed by atoms with Crippen molar-refractivity contribution in [3.8, 4) is 11.5 Å². The summed E-state index contributed by atoms with van der Waals surface area (Å²) in [5.74, 6) is 3.78. The molecule has 6 heteroatoms.